The van der Waals surface area contributed by atoms with E-state index in [1.807, 2.05) is 12.1 Å². The third-order valence-electron chi connectivity index (χ3n) is 2.76. The smallest absolute Gasteiger partial charge is 0.252 e. The van der Waals surface area contributed by atoms with Crippen LogP contribution in [0, 0.1) is 5.41 Å². The molecule has 3 N–H and O–H groups in total. The predicted molar refractivity (Wildman–Crippen MR) is 81.6 cm³/mol. The van der Waals surface area contributed by atoms with Gasteiger partial charge in [0.25, 0.3) is 5.91 Å². The first-order chi connectivity index (χ1) is 8.25. The molecule has 18 heavy (non-hydrogen) atoms. The average Bonchev–Trinajstić information content (AvgIpc) is 2.23. The SMILES string of the molecule is CC(C)(C)C(CN)NC(=O)c1ccc(Br)cc1Br. The maximum atomic E-state index is 12.2. The second-order valence-electron chi connectivity index (χ2n) is 5.25. The van der Waals surface area contributed by atoms with Gasteiger partial charge in [0.1, 0.15) is 0 Å². The van der Waals surface area contributed by atoms with Gasteiger partial charge in [-0.3, -0.25) is 4.79 Å². The highest BCUT2D eigenvalue weighted by Crippen LogP contribution is 2.23. The molecule has 0 aromatic heterocycles. The van der Waals surface area contributed by atoms with Crippen molar-refractivity contribution in [1.82, 2.24) is 5.32 Å². The second-order valence-corrected chi connectivity index (χ2v) is 7.02. The number of nitrogens with one attached hydrogen (secondary N) is 1. The fourth-order valence-electron chi connectivity index (χ4n) is 1.54. The van der Waals surface area contributed by atoms with E-state index < -0.39 is 0 Å². The summed E-state index contributed by atoms with van der Waals surface area (Å²) in [5.74, 6) is -0.111. The number of nitrogens with two attached hydrogens (primary N) is 1. The van der Waals surface area contributed by atoms with Gasteiger partial charge in [0, 0.05) is 21.5 Å². The topological polar surface area (TPSA) is 55.1 Å². The lowest BCUT2D eigenvalue weighted by Crippen LogP contribution is -2.48. The van der Waals surface area contributed by atoms with Gasteiger partial charge in [-0.15, -0.1) is 0 Å². The first kappa shape index (κ1) is 15.7. The summed E-state index contributed by atoms with van der Waals surface area (Å²) in [6.07, 6.45) is 0. The van der Waals surface area contributed by atoms with Crippen LogP contribution >= 0.6 is 31.9 Å². The molecule has 1 atom stereocenters. The molecule has 0 saturated heterocycles. The third kappa shape index (κ3) is 4.07. The van der Waals surface area contributed by atoms with Crippen LogP contribution in [0.3, 0.4) is 0 Å². The van der Waals surface area contributed by atoms with Crippen LogP contribution < -0.4 is 11.1 Å². The predicted octanol–water partition coefficient (Wildman–Crippen LogP) is 3.31. The molecule has 0 aliphatic heterocycles. The van der Waals surface area contributed by atoms with Crippen LogP contribution in [0.1, 0.15) is 31.1 Å². The van der Waals surface area contributed by atoms with E-state index in [0.29, 0.717) is 12.1 Å². The molecule has 1 amide bonds. The van der Waals surface area contributed by atoms with Gasteiger partial charge in [0.15, 0.2) is 0 Å². The summed E-state index contributed by atoms with van der Waals surface area (Å²) in [6, 6.07) is 5.41. The molecule has 1 rings (SSSR count). The van der Waals surface area contributed by atoms with Crippen molar-refractivity contribution in [2.45, 2.75) is 26.8 Å². The summed E-state index contributed by atoms with van der Waals surface area (Å²) in [4.78, 5) is 12.2. The number of halogens is 2. The molecule has 1 aromatic rings. The maximum absolute atomic E-state index is 12.2. The van der Waals surface area contributed by atoms with Gasteiger partial charge in [-0.1, -0.05) is 36.7 Å². The third-order valence-corrected chi connectivity index (χ3v) is 3.91. The van der Waals surface area contributed by atoms with Crippen LogP contribution in [0.25, 0.3) is 0 Å². The molecule has 3 nitrogen and oxygen atoms in total. The Hall–Kier alpha value is -0.390. The zero-order valence-corrected chi connectivity index (χ0v) is 13.9. The number of hydrogen-bond acceptors (Lipinski definition) is 2. The minimum absolute atomic E-state index is 0.0550. The molecular weight excluding hydrogens is 360 g/mol. The van der Waals surface area contributed by atoms with Crippen LogP contribution in [0.4, 0.5) is 0 Å². The Kier molecular flexibility index (Phi) is 5.37. The Labute approximate surface area is 125 Å². The molecule has 0 spiro atoms. The van der Waals surface area contributed by atoms with Gasteiger partial charge in [-0.2, -0.15) is 0 Å². The van der Waals surface area contributed by atoms with Crippen molar-refractivity contribution in [2.75, 3.05) is 6.54 Å². The van der Waals surface area contributed by atoms with Crippen molar-refractivity contribution in [3.63, 3.8) is 0 Å². The van der Waals surface area contributed by atoms with Gasteiger partial charge in [-0.05, 0) is 39.5 Å². The van der Waals surface area contributed by atoms with E-state index in [-0.39, 0.29) is 17.4 Å². The van der Waals surface area contributed by atoms with Gasteiger partial charge < -0.3 is 11.1 Å². The first-order valence-electron chi connectivity index (χ1n) is 5.71. The summed E-state index contributed by atoms with van der Waals surface area (Å²) in [6.45, 7) is 6.59. The molecule has 0 fully saturated rings. The maximum Gasteiger partial charge on any atom is 0.252 e. The highest BCUT2D eigenvalue weighted by molar-refractivity contribution is 9.11. The Bertz CT molecular complexity index is 441. The Balaban J connectivity index is 2.88. The quantitative estimate of drug-likeness (QED) is 0.848. The Morgan fingerprint density at radius 3 is 2.44 bits per heavy atom. The van der Waals surface area contributed by atoms with Crippen LogP contribution in [0.15, 0.2) is 27.1 Å². The monoisotopic (exact) mass is 376 g/mol. The Morgan fingerprint density at radius 2 is 2.00 bits per heavy atom. The molecule has 0 radical (unpaired) electrons. The summed E-state index contributed by atoms with van der Waals surface area (Å²) in [5, 5.41) is 2.97. The highest BCUT2D eigenvalue weighted by Gasteiger charge is 2.25. The summed E-state index contributed by atoms with van der Waals surface area (Å²) in [5.41, 5.74) is 6.26. The van der Waals surface area contributed by atoms with E-state index >= 15 is 0 Å². The van der Waals surface area contributed by atoms with E-state index in [9.17, 15) is 4.79 Å². The molecule has 0 heterocycles. The minimum atomic E-state index is -0.111. The van der Waals surface area contributed by atoms with Crippen molar-refractivity contribution < 1.29 is 4.79 Å². The number of carbonyl (C=O) groups excluding carboxylic acids is 1. The molecule has 0 aliphatic rings. The van der Waals surface area contributed by atoms with Gasteiger partial charge in [0.05, 0.1) is 5.56 Å². The first-order valence-corrected chi connectivity index (χ1v) is 7.30. The minimum Gasteiger partial charge on any atom is -0.347 e. The van der Waals surface area contributed by atoms with Crippen molar-refractivity contribution in [1.29, 1.82) is 0 Å². The molecule has 0 aliphatic carbocycles. The largest absolute Gasteiger partial charge is 0.347 e. The lowest BCUT2D eigenvalue weighted by atomic mass is 9.86. The van der Waals surface area contributed by atoms with Gasteiger partial charge >= 0.3 is 0 Å². The molecule has 0 bridgehead atoms. The van der Waals surface area contributed by atoms with Crippen molar-refractivity contribution in [3.8, 4) is 0 Å². The van der Waals surface area contributed by atoms with Crippen molar-refractivity contribution in [2.24, 2.45) is 11.1 Å². The zero-order valence-electron chi connectivity index (χ0n) is 10.8. The number of carbonyl (C=O) groups is 1. The van der Waals surface area contributed by atoms with Gasteiger partial charge in [-0.25, -0.2) is 0 Å². The lowest BCUT2D eigenvalue weighted by Gasteiger charge is -2.30. The summed E-state index contributed by atoms with van der Waals surface area (Å²) < 4.78 is 1.69. The van der Waals surface area contributed by atoms with Gasteiger partial charge in [0.2, 0.25) is 0 Å². The van der Waals surface area contributed by atoms with E-state index in [4.69, 9.17) is 5.73 Å². The Morgan fingerprint density at radius 1 is 1.39 bits per heavy atom. The van der Waals surface area contributed by atoms with Crippen LogP contribution in [-0.4, -0.2) is 18.5 Å². The fourth-order valence-corrected chi connectivity index (χ4v) is 2.77. The van der Waals surface area contributed by atoms with Crippen molar-refractivity contribution in [3.05, 3.63) is 32.7 Å². The number of benzene rings is 1. The van der Waals surface area contributed by atoms with E-state index in [1.54, 1.807) is 6.07 Å². The van der Waals surface area contributed by atoms with Crippen molar-refractivity contribution >= 4 is 37.8 Å². The molecule has 100 valence electrons. The standard InChI is InChI=1S/C13H18Br2N2O/c1-13(2,3)11(7-16)17-12(18)9-5-4-8(14)6-10(9)15/h4-6,11H,7,16H2,1-3H3,(H,17,18). The van der Waals surface area contributed by atoms with E-state index in [1.165, 1.54) is 0 Å². The average molecular weight is 378 g/mol. The number of hydrogen-bond donors (Lipinski definition) is 2. The molecule has 1 aromatic carbocycles. The van der Waals surface area contributed by atoms with E-state index in [2.05, 4.69) is 57.9 Å². The zero-order chi connectivity index (χ0) is 13.9. The molecule has 5 heteroatoms. The van der Waals surface area contributed by atoms with E-state index in [0.717, 1.165) is 8.95 Å². The fraction of sp³-hybridized carbons (Fsp3) is 0.462. The van der Waals surface area contributed by atoms with Crippen LogP contribution in [-0.2, 0) is 0 Å². The summed E-state index contributed by atoms with van der Waals surface area (Å²) in [7, 11) is 0. The number of amides is 1. The van der Waals surface area contributed by atoms with Crippen LogP contribution in [0.2, 0.25) is 0 Å². The number of rotatable bonds is 3. The normalized spacial score (nSPS) is 13.2. The highest BCUT2D eigenvalue weighted by atomic mass is 79.9. The molecular formula is C13H18Br2N2O. The molecule has 0 saturated carbocycles. The summed E-state index contributed by atoms with van der Waals surface area (Å²) >= 11 is 6.75. The van der Waals surface area contributed by atoms with Crippen LogP contribution in [0.5, 0.6) is 0 Å². The molecule has 1 unspecified atom stereocenters. The lowest BCUT2D eigenvalue weighted by molar-refractivity contribution is 0.0904. The second kappa shape index (κ2) is 6.17.